The predicted molar refractivity (Wildman–Crippen MR) is 88.9 cm³/mol. The Labute approximate surface area is 143 Å². The summed E-state index contributed by atoms with van der Waals surface area (Å²) < 4.78 is 34.0. The van der Waals surface area contributed by atoms with E-state index < -0.39 is 17.6 Å². The Balaban J connectivity index is 1.97. The number of ether oxygens (including phenoxy) is 1. The molecule has 0 aliphatic heterocycles. The standard InChI is InChI=1S/C19H16F2N2O2/c1-2-6-14-12-18(23(22-14)15-8-5-7-13(20)11-15)25-19(24)16-9-3-4-10-17(16)21/h3-5,7-12H,2,6H2,1H3. The number of esters is 1. The van der Waals surface area contributed by atoms with Crippen LogP contribution < -0.4 is 4.74 Å². The van der Waals surface area contributed by atoms with Crippen LogP contribution in [0.3, 0.4) is 0 Å². The van der Waals surface area contributed by atoms with Gasteiger partial charge < -0.3 is 4.74 Å². The van der Waals surface area contributed by atoms with Crippen molar-refractivity contribution in [2.45, 2.75) is 19.8 Å². The van der Waals surface area contributed by atoms with Crippen LogP contribution in [-0.2, 0) is 6.42 Å². The van der Waals surface area contributed by atoms with Gasteiger partial charge in [-0.1, -0.05) is 31.5 Å². The van der Waals surface area contributed by atoms with Crippen LogP contribution in [0, 0.1) is 11.6 Å². The van der Waals surface area contributed by atoms with Gasteiger partial charge in [-0.05, 0) is 36.8 Å². The Morgan fingerprint density at radius 1 is 1.12 bits per heavy atom. The normalized spacial score (nSPS) is 10.7. The minimum Gasteiger partial charge on any atom is -0.404 e. The van der Waals surface area contributed by atoms with Gasteiger partial charge in [-0.15, -0.1) is 0 Å². The maximum Gasteiger partial charge on any atom is 0.347 e. The van der Waals surface area contributed by atoms with Gasteiger partial charge in [0.25, 0.3) is 0 Å². The number of carbonyl (C=O) groups excluding carboxylic acids is 1. The van der Waals surface area contributed by atoms with Gasteiger partial charge >= 0.3 is 5.97 Å². The monoisotopic (exact) mass is 342 g/mol. The average molecular weight is 342 g/mol. The third-order valence-electron chi connectivity index (χ3n) is 3.58. The second-order valence-corrected chi connectivity index (χ2v) is 5.48. The van der Waals surface area contributed by atoms with E-state index in [4.69, 9.17) is 4.74 Å². The molecule has 0 unspecified atom stereocenters. The molecular formula is C19H16F2N2O2. The molecule has 0 saturated heterocycles. The van der Waals surface area contributed by atoms with E-state index in [0.29, 0.717) is 17.8 Å². The van der Waals surface area contributed by atoms with Crippen molar-refractivity contribution >= 4 is 5.97 Å². The molecule has 1 heterocycles. The number of halogens is 2. The highest BCUT2D eigenvalue weighted by atomic mass is 19.1. The summed E-state index contributed by atoms with van der Waals surface area (Å²) in [5.41, 5.74) is 0.938. The van der Waals surface area contributed by atoms with Crippen LogP contribution in [-0.4, -0.2) is 15.7 Å². The minimum atomic E-state index is -0.835. The summed E-state index contributed by atoms with van der Waals surface area (Å²) in [6.07, 6.45) is 1.52. The zero-order chi connectivity index (χ0) is 17.8. The SMILES string of the molecule is CCCc1cc(OC(=O)c2ccccc2F)n(-c2cccc(F)c2)n1. The van der Waals surface area contributed by atoms with Gasteiger partial charge in [0.2, 0.25) is 5.88 Å². The van der Waals surface area contributed by atoms with E-state index >= 15 is 0 Å². The van der Waals surface area contributed by atoms with Gasteiger partial charge in [0.15, 0.2) is 0 Å². The van der Waals surface area contributed by atoms with Crippen molar-refractivity contribution in [2.24, 2.45) is 0 Å². The first kappa shape index (κ1) is 16.8. The number of nitrogens with zero attached hydrogens (tertiary/aromatic N) is 2. The molecule has 0 aliphatic carbocycles. The van der Waals surface area contributed by atoms with E-state index in [1.54, 1.807) is 18.2 Å². The van der Waals surface area contributed by atoms with Crippen LogP contribution in [0.15, 0.2) is 54.6 Å². The quantitative estimate of drug-likeness (QED) is 0.649. The maximum absolute atomic E-state index is 13.8. The van der Waals surface area contributed by atoms with Gasteiger partial charge in [-0.3, -0.25) is 0 Å². The van der Waals surface area contributed by atoms with E-state index in [2.05, 4.69) is 5.10 Å². The molecule has 0 atom stereocenters. The molecule has 1 aromatic heterocycles. The number of hydrogen-bond donors (Lipinski definition) is 0. The lowest BCUT2D eigenvalue weighted by Crippen LogP contribution is -2.13. The summed E-state index contributed by atoms with van der Waals surface area (Å²) in [5, 5.41) is 4.36. The zero-order valence-electron chi connectivity index (χ0n) is 13.6. The van der Waals surface area contributed by atoms with Crippen molar-refractivity contribution in [1.82, 2.24) is 9.78 Å². The molecule has 25 heavy (non-hydrogen) atoms. The van der Waals surface area contributed by atoms with Crippen molar-refractivity contribution in [2.75, 3.05) is 0 Å². The predicted octanol–water partition coefficient (Wildman–Crippen LogP) is 4.32. The highest BCUT2D eigenvalue weighted by Gasteiger charge is 2.18. The van der Waals surface area contributed by atoms with E-state index in [9.17, 15) is 13.6 Å². The zero-order valence-corrected chi connectivity index (χ0v) is 13.6. The van der Waals surface area contributed by atoms with Crippen LogP contribution in [0.2, 0.25) is 0 Å². The second kappa shape index (κ2) is 7.25. The van der Waals surface area contributed by atoms with Crippen LogP contribution in [0.1, 0.15) is 29.4 Å². The fourth-order valence-corrected chi connectivity index (χ4v) is 2.43. The number of aryl methyl sites for hydroxylation is 1. The molecule has 0 radical (unpaired) electrons. The Morgan fingerprint density at radius 3 is 2.64 bits per heavy atom. The first-order valence-electron chi connectivity index (χ1n) is 7.90. The van der Waals surface area contributed by atoms with E-state index in [1.165, 1.54) is 41.1 Å². The summed E-state index contributed by atoms with van der Waals surface area (Å²) in [6.45, 7) is 1.99. The third kappa shape index (κ3) is 3.74. The highest BCUT2D eigenvalue weighted by molar-refractivity contribution is 5.91. The second-order valence-electron chi connectivity index (χ2n) is 5.48. The molecule has 0 saturated carbocycles. The van der Waals surface area contributed by atoms with E-state index in [1.807, 2.05) is 6.92 Å². The lowest BCUT2D eigenvalue weighted by Gasteiger charge is -2.08. The molecule has 0 amide bonds. The minimum absolute atomic E-state index is 0.113. The molecule has 2 aromatic carbocycles. The number of aromatic nitrogens is 2. The third-order valence-corrected chi connectivity index (χ3v) is 3.58. The molecule has 0 spiro atoms. The number of hydrogen-bond acceptors (Lipinski definition) is 3. The van der Waals surface area contributed by atoms with Crippen molar-refractivity contribution in [3.05, 3.63) is 77.5 Å². The molecule has 0 aliphatic rings. The summed E-state index contributed by atoms with van der Waals surface area (Å²) in [5.74, 6) is -1.82. The molecule has 3 rings (SSSR count). The van der Waals surface area contributed by atoms with Crippen molar-refractivity contribution < 1.29 is 18.3 Å². The molecule has 4 nitrogen and oxygen atoms in total. The van der Waals surface area contributed by atoms with E-state index in [-0.39, 0.29) is 11.4 Å². The van der Waals surface area contributed by atoms with Gasteiger partial charge in [-0.25, -0.2) is 18.3 Å². The lowest BCUT2D eigenvalue weighted by molar-refractivity contribution is 0.0718. The smallest absolute Gasteiger partial charge is 0.347 e. The first-order chi connectivity index (χ1) is 12.1. The summed E-state index contributed by atoms with van der Waals surface area (Å²) in [4.78, 5) is 12.3. The Bertz CT molecular complexity index is 906. The van der Waals surface area contributed by atoms with Crippen LogP contribution in [0.25, 0.3) is 5.69 Å². The lowest BCUT2D eigenvalue weighted by atomic mass is 10.2. The molecule has 0 N–H and O–H groups in total. The molecule has 0 fully saturated rings. The number of benzene rings is 2. The molecule has 128 valence electrons. The van der Waals surface area contributed by atoms with Gasteiger partial charge in [-0.2, -0.15) is 5.10 Å². The molecule has 3 aromatic rings. The number of rotatable bonds is 5. The van der Waals surface area contributed by atoms with Crippen molar-refractivity contribution in [3.8, 4) is 11.6 Å². The van der Waals surface area contributed by atoms with Crippen molar-refractivity contribution in [3.63, 3.8) is 0 Å². The fraction of sp³-hybridized carbons (Fsp3) is 0.158. The Kier molecular flexibility index (Phi) is 4.88. The van der Waals surface area contributed by atoms with Crippen LogP contribution in [0.4, 0.5) is 8.78 Å². The van der Waals surface area contributed by atoms with Gasteiger partial charge in [0.05, 0.1) is 16.9 Å². The molecular weight excluding hydrogens is 326 g/mol. The topological polar surface area (TPSA) is 44.1 Å². The van der Waals surface area contributed by atoms with Crippen LogP contribution in [0.5, 0.6) is 5.88 Å². The van der Waals surface area contributed by atoms with Crippen LogP contribution >= 0.6 is 0 Å². The maximum atomic E-state index is 13.8. The molecule has 6 heteroatoms. The molecule has 0 bridgehead atoms. The fourth-order valence-electron chi connectivity index (χ4n) is 2.43. The summed E-state index contributed by atoms with van der Waals surface area (Å²) in [7, 11) is 0. The number of carbonyl (C=O) groups is 1. The van der Waals surface area contributed by atoms with Gasteiger partial charge in [0, 0.05) is 6.07 Å². The van der Waals surface area contributed by atoms with Gasteiger partial charge in [0.1, 0.15) is 11.6 Å². The summed E-state index contributed by atoms with van der Waals surface area (Å²) in [6, 6.07) is 12.9. The Morgan fingerprint density at radius 2 is 1.92 bits per heavy atom. The Hall–Kier alpha value is -3.02. The summed E-state index contributed by atoms with van der Waals surface area (Å²) >= 11 is 0. The average Bonchev–Trinajstić information content (AvgIpc) is 2.98. The van der Waals surface area contributed by atoms with E-state index in [0.717, 1.165) is 6.42 Å². The first-order valence-corrected chi connectivity index (χ1v) is 7.90. The van der Waals surface area contributed by atoms with Crippen molar-refractivity contribution in [1.29, 1.82) is 0 Å². The highest BCUT2D eigenvalue weighted by Crippen LogP contribution is 2.22. The largest absolute Gasteiger partial charge is 0.404 e.